The third-order valence-corrected chi connectivity index (χ3v) is 8.14. The Labute approximate surface area is 206 Å². The van der Waals surface area contributed by atoms with Gasteiger partial charge in [0.2, 0.25) is 0 Å². The van der Waals surface area contributed by atoms with Gasteiger partial charge in [0.05, 0.1) is 8.22 Å². The highest BCUT2D eigenvalue weighted by molar-refractivity contribution is 5.64. The lowest BCUT2D eigenvalue weighted by Crippen LogP contribution is -2.13. The summed E-state index contributed by atoms with van der Waals surface area (Å²) in [6.07, 6.45) is 16.0. The SMILES string of the molecule is [2H]c1c(-c2c([2H])c([2H])c(C3CCC(CCCCC)CC3)c([2H])c2[2H])ccc(C2CCC(CCC)CC2)c1[2H]. The first-order chi connectivity index (χ1) is 18.3. The van der Waals surface area contributed by atoms with E-state index in [0.717, 1.165) is 50.0 Å². The maximum atomic E-state index is 8.83. The van der Waals surface area contributed by atoms with Gasteiger partial charge in [0.1, 0.15) is 0 Å². The highest BCUT2D eigenvalue weighted by Gasteiger charge is 2.23. The Hall–Kier alpha value is -1.56. The summed E-state index contributed by atoms with van der Waals surface area (Å²) in [5, 5.41) is 0. The fourth-order valence-corrected chi connectivity index (χ4v) is 6.03. The Morgan fingerprint density at radius 1 is 0.594 bits per heavy atom. The summed E-state index contributed by atoms with van der Waals surface area (Å²) >= 11 is 0. The molecule has 2 aliphatic carbocycles. The van der Waals surface area contributed by atoms with Gasteiger partial charge in [0, 0.05) is 0 Å². The van der Waals surface area contributed by atoms with E-state index in [4.69, 9.17) is 8.22 Å². The van der Waals surface area contributed by atoms with E-state index >= 15 is 0 Å². The first kappa shape index (κ1) is 17.0. The molecule has 0 spiro atoms. The van der Waals surface area contributed by atoms with Gasteiger partial charge in [-0.1, -0.05) is 101 Å². The van der Waals surface area contributed by atoms with E-state index in [9.17, 15) is 0 Å². The number of hydrogen-bond acceptors (Lipinski definition) is 0. The molecule has 4 rings (SSSR count). The van der Waals surface area contributed by atoms with Gasteiger partial charge < -0.3 is 0 Å². The van der Waals surface area contributed by atoms with Crippen LogP contribution in [0.1, 0.15) is 135 Å². The summed E-state index contributed by atoms with van der Waals surface area (Å²) in [6, 6.07) is 3.86. The molecule has 2 aliphatic rings. The number of hydrogen-bond donors (Lipinski definition) is 0. The van der Waals surface area contributed by atoms with Crippen LogP contribution < -0.4 is 0 Å². The van der Waals surface area contributed by atoms with Crippen molar-refractivity contribution in [3.63, 3.8) is 0 Å². The summed E-state index contributed by atoms with van der Waals surface area (Å²) in [5.41, 5.74) is 1.97. The molecule has 0 bridgehead atoms. The van der Waals surface area contributed by atoms with Crippen molar-refractivity contribution in [1.29, 1.82) is 0 Å². The molecule has 0 N–H and O–H groups in total. The highest BCUT2D eigenvalue weighted by atomic mass is 14.3. The molecule has 0 amide bonds. The van der Waals surface area contributed by atoms with Crippen molar-refractivity contribution in [2.45, 2.75) is 116 Å². The van der Waals surface area contributed by atoms with Gasteiger partial charge in [-0.3, -0.25) is 0 Å². The number of unbranched alkanes of at least 4 members (excludes halogenated alkanes) is 2. The molecule has 0 heterocycles. The fourth-order valence-electron chi connectivity index (χ4n) is 6.03. The Morgan fingerprint density at radius 2 is 1.16 bits per heavy atom. The van der Waals surface area contributed by atoms with E-state index in [1.165, 1.54) is 51.4 Å². The second-order valence-electron chi connectivity index (χ2n) is 10.5. The van der Waals surface area contributed by atoms with Gasteiger partial charge in [-0.2, -0.15) is 0 Å². The van der Waals surface area contributed by atoms with Crippen LogP contribution in [-0.2, 0) is 0 Å². The van der Waals surface area contributed by atoms with E-state index in [1.54, 1.807) is 6.07 Å². The van der Waals surface area contributed by atoms with Gasteiger partial charge in [-0.15, -0.1) is 0 Å². The molecule has 0 atom stereocenters. The summed E-state index contributed by atoms with van der Waals surface area (Å²) in [6.45, 7) is 4.46. The summed E-state index contributed by atoms with van der Waals surface area (Å²) < 4.78 is 52.9. The lowest BCUT2D eigenvalue weighted by Gasteiger charge is -2.29. The molecular weight excluding hydrogens is 384 g/mol. The van der Waals surface area contributed by atoms with Gasteiger partial charge >= 0.3 is 0 Å². The van der Waals surface area contributed by atoms with Crippen molar-refractivity contribution in [2.24, 2.45) is 11.8 Å². The molecular formula is C32H46. The molecule has 0 saturated heterocycles. The van der Waals surface area contributed by atoms with Crippen LogP contribution in [0.25, 0.3) is 11.1 Å². The minimum absolute atomic E-state index is 0.0271. The van der Waals surface area contributed by atoms with Crippen LogP contribution in [0.3, 0.4) is 0 Å². The van der Waals surface area contributed by atoms with E-state index in [-0.39, 0.29) is 53.7 Å². The fraction of sp³-hybridized carbons (Fsp3) is 0.625. The van der Waals surface area contributed by atoms with Crippen molar-refractivity contribution in [3.05, 3.63) is 59.5 Å². The van der Waals surface area contributed by atoms with Crippen molar-refractivity contribution in [1.82, 2.24) is 0 Å². The highest BCUT2D eigenvalue weighted by Crippen LogP contribution is 2.39. The molecule has 32 heavy (non-hydrogen) atoms. The predicted octanol–water partition coefficient (Wildman–Crippen LogP) is 10.3. The van der Waals surface area contributed by atoms with Crippen LogP contribution in [0.5, 0.6) is 0 Å². The molecule has 0 radical (unpaired) electrons. The van der Waals surface area contributed by atoms with Gasteiger partial charge in [0.15, 0.2) is 0 Å². The molecule has 2 aromatic rings. The summed E-state index contributed by atoms with van der Waals surface area (Å²) in [5.74, 6) is 1.84. The molecule has 2 aromatic carbocycles. The predicted molar refractivity (Wildman–Crippen MR) is 140 cm³/mol. The van der Waals surface area contributed by atoms with E-state index in [2.05, 4.69) is 13.8 Å². The van der Waals surface area contributed by atoms with Crippen molar-refractivity contribution >= 4 is 0 Å². The molecule has 0 aliphatic heterocycles. The lowest BCUT2D eigenvalue weighted by molar-refractivity contribution is 0.303. The van der Waals surface area contributed by atoms with Crippen LogP contribution >= 0.6 is 0 Å². The summed E-state index contributed by atoms with van der Waals surface area (Å²) in [4.78, 5) is 0. The number of rotatable bonds is 9. The summed E-state index contributed by atoms with van der Waals surface area (Å²) in [7, 11) is 0. The molecule has 2 saturated carbocycles. The van der Waals surface area contributed by atoms with Crippen LogP contribution in [0.4, 0.5) is 0 Å². The topological polar surface area (TPSA) is 0 Å². The van der Waals surface area contributed by atoms with E-state index < -0.39 is 0 Å². The molecule has 2 fully saturated rings. The largest absolute Gasteiger partial charge is 0.0654 e. The van der Waals surface area contributed by atoms with Crippen molar-refractivity contribution in [3.8, 4) is 11.1 Å². The van der Waals surface area contributed by atoms with Gasteiger partial charge in [0.25, 0.3) is 0 Å². The Kier molecular flexibility index (Phi) is 6.39. The number of benzene rings is 2. The first-order valence-corrected chi connectivity index (χ1v) is 13.5. The standard InChI is InChI=1S/C32H46/c1-3-5-6-8-26-11-15-28(16-12-26)30-19-23-32(24-20-30)31-21-17-29(18-22-31)27-13-9-25(7-4-2)10-14-27/h17-28H,3-16H2,1-2H3/i17D,19D,20D,21D,23D,24D. The maximum absolute atomic E-state index is 8.83. The smallest absolute Gasteiger partial charge is 0.0629 e. The van der Waals surface area contributed by atoms with Gasteiger partial charge in [-0.25, -0.2) is 0 Å². The van der Waals surface area contributed by atoms with E-state index in [0.29, 0.717) is 17.0 Å². The van der Waals surface area contributed by atoms with Crippen LogP contribution in [-0.4, -0.2) is 0 Å². The second-order valence-corrected chi connectivity index (χ2v) is 10.5. The Morgan fingerprint density at radius 3 is 1.78 bits per heavy atom. The second kappa shape index (κ2) is 12.1. The first-order valence-electron chi connectivity index (χ1n) is 16.5. The molecule has 0 nitrogen and oxygen atoms in total. The molecule has 0 heteroatoms. The molecule has 174 valence electrons. The Balaban J connectivity index is 1.57. The third-order valence-electron chi connectivity index (χ3n) is 8.14. The Bertz CT molecular complexity index is 1060. The quantitative estimate of drug-likeness (QED) is 0.343. The van der Waals surface area contributed by atoms with Gasteiger partial charge in [-0.05, 0) is 97.3 Å². The minimum Gasteiger partial charge on any atom is -0.0654 e. The lowest BCUT2D eigenvalue weighted by atomic mass is 9.76. The zero-order chi connectivity index (χ0) is 27.4. The average molecular weight is 437 g/mol. The maximum Gasteiger partial charge on any atom is 0.0629 e. The molecule has 0 aromatic heterocycles. The van der Waals surface area contributed by atoms with Crippen LogP contribution in [0, 0.1) is 11.8 Å². The molecule has 0 unspecified atom stereocenters. The normalized spacial score (nSPS) is 28.8. The van der Waals surface area contributed by atoms with Crippen molar-refractivity contribution in [2.75, 3.05) is 0 Å². The van der Waals surface area contributed by atoms with Crippen molar-refractivity contribution < 1.29 is 8.22 Å². The zero-order valence-electron chi connectivity index (χ0n) is 26.4. The average Bonchev–Trinajstić information content (AvgIpc) is 2.92. The van der Waals surface area contributed by atoms with Crippen LogP contribution in [0.2, 0.25) is 0 Å². The van der Waals surface area contributed by atoms with Crippen LogP contribution in [0.15, 0.2) is 48.4 Å². The zero-order valence-corrected chi connectivity index (χ0v) is 20.4. The monoisotopic (exact) mass is 436 g/mol. The third kappa shape index (κ3) is 6.27. The minimum atomic E-state index is -0.0632. The van der Waals surface area contributed by atoms with E-state index in [1.807, 2.05) is 6.07 Å².